The Bertz CT molecular complexity index is 826. The lowest BCUT2D eigenvalue weighted by atomic mass is 10.1. The van der Waals surface area contributed by atoms with Crippen LogP contribution in [0.3, 0.4) is 0 Å². The first-order valence-electron chi connectivity index (χ1n) is 11.4. The molecule has 3 aromatic rings. The number of hydrogen-bond acceptors (Lipinski definition) is 2. The molecule has 0 saturated carbocycles. The first-order valence-corrected chi connectivity index (χ1v) is 11.4. The highest BCUT2D eigenvalue weighted by Gasteiger charge is 2.34. The molecule has 0 spiro atoms. The Hall–Kier alpha value is -3.02. The van der Waals surface area contributed by atoms with Crippen molar-refractivity contribution in [2.45, 2.75) is 61.5 Å². The SMILES string of the molecule is CC.CC.CC.Cc1ccc(C(F)(F)Oc2ccc(OCF)cc2)cc1.Cc1ccc(F)cc1. The molecular weight excluding hydrogens is 444 g/mol. The third kappa shape index (κ3) is 13.5. The van der Waals surface area contributed by atoms with Crippen molar-refractivity contribution in [1.29, 1.82) is 0 Å². The van der Waals surface area contributed by atoms with Crippen molar-refractivity contribution >= 4 is 0 Å². The van der Waals surface area contributed by atoms with E-state index in [1.54, 1.807) is 24.3 Å². The molecule has 0 radical (unpaired) electrons. The lowest BCUT2D eigenvalue weighted by molar-refractivity contribution is -0.185. The Labute approximate surface area is 202 Å². The molecule has 190 valence electrons. The Morgan fingerprint density at radius 2 is 1.00 bits per heavy atom. The van der Waals surface area contributed by atoms with Gasteiger partial charge in [-0.1, -0.05) is 76.9 Å². The molecule has 0 amide bonds. The van der Waals surface area contributed by atoms with Crippen LogP contribution >= 0.6 is 0 Å². The fraction of sp³-hybridized carbons (Fsp3) is 0.357. The van der Waals surface area contributed by atoms with Gasteiger partial charge in [0.2, 0.25) is 6.86 Å². The number of ether oxygens (including phenoxy) is 2. The van der Waals surface area contributed by atoms with Gasteiger partial charge >= 0.3 is 6.11 Å². The van der Waals surface area contributed by atoms with E-state index in [0.717, 1.165) is 11.1 Å². The smallest absolute Gasteiger partial charge is 0.426 e. The number of aryl methyl sites for hydroxylation is 2. The van der Waals surface area contributed by atoms with Crippen molar-refractivity contribution in [3.8, 4) is 11.5 Å². The average molecular weight is 483 g/mol. The van der Waals surface area contributed by atoms with Crippen LogP contribution in [-0.2, 0) is 6.11 Å². The summed E-state index contributed by atoms with van der Waals surface area (Å²) in [5.41, 5.74) is 1.75. The normalized spacial score (nSPS) is 9.29. The average Bonchev–Trinajstić information content (AvgIpc) is 2.87. The molecular formula is C28H38F4O2. The molecule has 0 unspecified atom stereocenters. The van der Waals surface area contributed by atoms with Crippen LogP contribution in [0, 0.1) is 19.7 Å². The van der Waals surface area contributed by atoms with E-state index in [1.807, 2.05) is 55.4 Å². The van der Waals surface area contributed by atoms with Crippen molar-refractivity contribution in [1.82, 2.24) is 0 Å². The first kappa shape index (κ1) is 33.2. The minimum Gasteiger partial charge on any atom is -0.463 e. The van der Waals surface area contributed by atoms with Crippen LogP contribution in [0.5, 0.6) is 11.5 Å². The van der Waals surface area contributed by atoms with Gasteiger partial charge in [0.1, 0.15) is 17.3 Å². The van der Waals surface area contributed by atoms with Crippen molar-refractivity contribution in [2.75, 3.05) is 6.86 Å². The number of hydrogen-bond donors (Lipinski definition) is 0. The van der Waals surface area contributed by atoms with Crippen LogP contribution < -0.4 is 9.47 Å². The minimum absolute atomic E-state index is 0.0261. The van der Waals surface area contributed by atoms with Gasteiger partial charge in [-0.05, 0) is 62.4 Å². The zero-order chi connectivity index (χ0) is 26.6. The molecule has 0 atom stereocenters. The summed E-state index contributed by atoms with van der Waals surface area (Å²) in [6.07, 6.45) is -3.43. The van der Waals surface area contributed by atoms with Gasteiger partial charge in [0.15, 0.2) is 0 Å². The van der Waals surface area contributed by atoms with E-state index < -0.39 is 13.0 Å². The van der Waals surface area contributed by atoms with Gasteiger partial charge < -0.3 is 9.47 Å². The lowest BCUT2D eigenvalue weighted by Crippen LogP contribution is -2.21. The second-order valence-corrected chi connectivity index (χ2v) is 6.01. The second kappa shape index (κ2) is 19.4. The lowest BCUT2D eigenvalue weighted by Gasteiger charge is -2.18. The number of rotatable bonds is 5. The van der Waals surface area contributed by atoms with Crippen LogP contribution in [0.2, 0.25) is 0 Å². The van der Waals surface area contributed by atoms with E-state index in [2.05, 4.69) is 9.47 Å². The molecule has 0 N–H and O–H groups in total. The molecule has 0 aliphatic heterocycles. The monoisotopic (exact) mass is 482 g/mol. The van der Waals surface area contributed by atoms with Crippen LogP contribution in [0.15, 0.2) is 72.8 Å². The topological polar surface area (TPSA) is 18.5 Å². The predicted octanol–water partition coefficient (Wildman–Crippen LogP) is 9.64. The van der Waals surface area contributed by atoms with Crippen LogP contribution in [0.1, 0.15) is 58.2 Å². The van der Waals surface area contributed by atoms with Gasteiger partial charge in [-0.2, -0.15) is 8.78 Å². The maximum absolute atomic E-state index is 13.9. The largest absolute Gasteiger partial charge is 0.463 e. The number of benzene rings is 3. The summed E-state index contributed by atoms with van der Waals surface area (Å²) in [5, 5.41) is 0. The summed E-state index contributed by atoms with van der Waals surface area (Å²) in [5.74, 6) is 0.0517. The third-order valence-corrected chi connectivity index (χ3v) is 3.69. The van der Waals surface area contributed by atoms with Crippen molar-refractivity contribution < 1.29 is 27.0 Å². The number of alkyl halides is 3. The molecule has 0 saturated heterocycles. The maximum Gasteiger partial charge on any atom is 0.426 e. The Morgan fingerprint density at radius 3 is 1.38 bits per heavy atom. The highest BCUT2D eigenvalue weighted by Crippen LogP contribution is 2.32. The van der Waals surface area contributed by atoms with Crippen LogP contribution in [-0.4, -0.2) is 6.86 Å². The Morgan fingerprint density at radius 1 is 0.618 bits per heavy atom. The summed E-state index contributed by atoms with van der Waals surface area (Å²) in [7, 11) is 0. The predicted molar refractivity (Wildman–Crippen MR) is 134 cm³/mol. The van der Waals surface area contributed by atoms with E-state index in [1.165, 1.54) is 48.5 Å². The zero-order valence-electron chi connectivity index (χ0n) is 21.5. The van der Waals surface area contributed by atoms with E-state index >= 15 is 0 Å². The summed E-state index contributed by atoms with van der Waals surface area (Å²) >= 11 is 0. The van der Waals surface area contributed by atoms with E-state index in [9.17, 15) is 17.6 Å². The summed E-state index contributed by atoms with van der Waals surface area (Å²) in [6.45, 7) is 14.8. The minimum atomic E-state index is -3.43. The zero-order valence-corrected chi connectivity index (χ0v) is 21.5. The van der Waals surface area contributed by atoms with Gasteiger partial charge in [0, 0.05) is 0 Å². The standard InChI is InChI=1S/C15H13F3O2.C7H7F.3C2H6/c1-11-2-4-12(5-3-11)15(17,18)20-14-8-6-13(7-9-14)19-10-16;1-6-2-4-7(8)5-3-6;3*1-2/h2-9H,10H2,1H3;2-5H,1H3;3*1-2H3. The molecule has 2 nitrogen and oxygen atoms in total. The van der Waals surface area contributed by atoms with Gasteiger partial charge in [-0.25, -0.2) is 8.78 Å². The quantitative estimate of drug-likeness (QED) is 0.337. The summed E-state index contributed by atoms with van der Waals surface area (Å²) < 4.78 is 61.1. The fourth-order valence-corrected chi connectivity index (χ4v) is 2.15. The fourth-order valence-electron chi connectivity index (χ4n) is 2.15. The molecule has 0 fully saturated rings. The van der Waals surface area contributed by atoms with Gasteiger partial charge in [-0.15, -0.1) is 0 Å². The highest BCUT2D eigenvalue weighted by atomic mass is 19.3. The molecule has 0 heterocycles. The molecule has 0 bridgehead atoms. The van der Waals surface area contributed by atoms with E-state index in [4.69, 9.17) is 0 Å². The maximum atomic E-state index is 13.9. The van der Waals surface area contributed by atoms with Gasteiger partial charge in [0.05, 0.1) is 5.56 Å². The van der Waals surface area contributed by atoms with Crippen LogP contribution in [0.25, 0.3) is 0 Å². The molecule has 0 aliphatic carbocycles. The van der Waals surface area contributed by atoms with Crippen molar-refractivity contribution in [2.24, 2.45) is 0 Å². The third-order valence-electron chi connectivity index (χ3n) is 3.69. The van der Waals surface area contributed by atoms with E-state index in [-0.39, 0.29) is 22.9 Å². The molecule has 0 aliphatic rings. The highest BCUT2D eigenvalue weighted by molar-refractivity contribution is 5.32. The Kier molecular flexibility index (Phi) is 19.0. The molecule has 3 rings (SSSR count). The summed E-state index contributed by atoms with van der Waals surface area (Å²) in [4.78, 5) is 0. The van der Waals surface area contributed by atoms with E-state index in [0.29, 0.717) is 0 Å². The van der Waals surface area contributed by atoms with Crippen molar-refractivity contribution in [3.05, 3.63) is 95.3 Å². The molecule has 34 heavy (non-hydrogen) atoms. The number of halogens is 4. The van der Waals surface area contributed by atoms with Gasteiger partial charge in [0.25, 0.3) is 0 Å². The van der Waals surface area contributed by atoms with Crippen LogP contribution in [0.4, 0.5) is 17.6 Å². The van der Waals surface area contributed by atoms with Crippen molar-refractivity contribution in [3.63, 3.8) is 0 Å². The molecule has 3 aromatic carbocycles. The second-order valence-electron chi connectivity index (χ2n) is 6.01. The first-order chi connectivity index (χ1) is 16.3. The van der Waals surface area contributed by atoms with Gasteiger partial charge in [-0.3, -0.25) is 0 Å². The molecule has 6 heteroatoms. The Balaban J connectivity index is 0. The summed E-state index contributed by atoms with van der Waals surface area (Å²) in [6, 6.07) is 17.5. The molecule has 0 aromatic heterocycles.